The number of carbonyl (C=O) groups excluding carboxylic acids is 1. The number of amides is 1. The lowest BCUT2D eigenvalue weighted by Gasteiger charge is -2.17. The number of anilines is 1. The largest absolute Gasteiger partial charge is 0.379 e. The molecule has 1 fully saturated rings. The molecule has 2 aromatic rings. The summed E-state index contributed by atoms with van der Waals surface area (Å²) in [6.45, 7) is 1.92. The van der Waals surface area contributed by atoms with Crippen molar-refractivity contribution < 1.29 is 9.72 Å². The number of nitro groups is 1. The van der Waals surface area contributed by atoms with Crippen LogP contribution < -0.4 is 5.32 Å². The standard InChI is InChI=1S/C19H20BrN3O3/c20-16-6-7-18(23(25)26)17(11-16)21-12-15-10-19(24)22(13-15)9-8-14-4-2-1-3-5-14/h1-7,11,15,21H,8-10,12-13H2. The first-order chi connectivity index (χ1) is 12.5. The fourth-order valence-electron chi connectivity index (χ4n) is 3.18. The number of likely N-dealkylation sites (tertiary alicyclic amines) is 1. The molecular formula is C19H20BrN3O3. The summed E-state index contributed by atoms with van der Waals surface area (Å²) in [5.74, 6) is 0.299. The van der Waals surface area contributed by atoms with Crippen LogP contribution in [0.15, 0.2) is 53.0 Å². The number of nitrogens with one attached hydrogen (secondary N) is 1. The summed E-state index contributed by atoms with van der Waals surface area (Å²) >= 11 is 3.34. The molecule has 0 spiro atoms. The van der Waals surface area contributed by atoms with Gasteiger partial charge in [-0.05, 0) is 24.1 Å². The van der Waals surface area contributed by atoms with Gasteiger partial charge in [0.05, 0.1) is 4.92 Å². The molecule has 1 amide bonds. The Labute approximate surface area is 160 Å². The summed E-state index contributed by atoms with van der Waals surface area (Å²) < 4.78 is 0.776. The van der Waals surface area contributed by atoms with Crippen molar-refractivity contribution in [3.05, 3.63) is 68.7 Å². The zero-order valence-electron chi connectivity index (χ0n) is 14.2. The van der Waals surface area contributed by atoms with Crippen LogP contribution in [0.25, 0.3) is 0 Å². The Morgan fingerprint density at radius 2 is 2.00 bits per heavy atom. The van der Waals surface area contributed by atoms with Gasteiger partial charge >= 0.3 is 0 Å². The molecule has 2 aromatic carbocycles. The minimum atomic E-state index is -0.402. The lowest BCUT2D eigenvalue weighted by molar-refractivity contribution is -0.384. The van der Waals surface area contributed by atoms with Crippen molar-refractivity contribution in [2.24, 2.45) is 5.92 Å². The van der Waals surface area contributed by atoms with Gasteiger partial charge in [0.15, 0.2) is 0 Å². The summed E-state index contributed by atoms with van der Waals surface area (Å²) in [5, 5.41) is 14.3. The van der Waals surface area contributed by atoms with E-state index in [2.05, 4.69) is 33.4 Å². The van der Waals surface area contributed by atoms with Crippen molar-refractivity contribution in [3.63, 3.8) is 0 Å². The number of carbonyl (C=O) groups is 1. The average Bonchev–Trinajstić information content (AvgIpc) is 2.98. The van der Waals surface area contributed by atoms with E-state index < -0.39 is 4.92 Å². The normalized spacial score (nSPS) is 16.7. The topological polar surface area (TPSA) is 75.5 Å². The van der Waals surface area contributed by atoms with Crippen LogP contribution in [-0.2, 0) is 11.2 Å². The Bertz CT molecular complexity index is 798. The van der Waals surface area contributed by atoms with E-state index in [0.717, 1.165) is 10.9 Å². The third kappa shape index (κ3) is 4.60. The molecule has 26 heavy (non-hydrogen) atoms. The van der Waals surface area contributed by atoms with E-state index in [1.54, 1.807) is 12.1 Å². The van der Waals surface area contributed by atoms with Crippen molar-refractivity contribution in [1.29, 1.82) is 0 Å². The molecule has 0 bridgehead atoms. The Morgan fingerprint density at radius 1 is 1.23 bits per heavy atom. The van der Waals surface area contributed by atoms with Gasteiger partial charge in [-0.3, -0.25) is 14.9 Å². The monoisotopic (exact) mass is 417 g/mol. The van der Waals surface area contributed by atoms with Crippen LogP contribution >= 0.6 is 15.9 Å². The van der Waals surface area contributed by atoms with E-state index in [-0.39, 0.29) is 17.5 Å². The average molecular weight is 418 g/mol. The third-order valence-electron chi connectivity index (χ3n) is 4.54. The first kappa shape index (κ1) is 18.4. The molecule has 1 atom stereocenters. The number of nitro benzene ring substituents is 1. The van der Waals surface area contributed by atoms with Crippen LogP contribution in [0.4, 0.5) is 11.4 Å². The lowest BCUT2D eigenvalue weighted by Crippen LogP contribution is -2.28. The summed E-state index contributed by atoms with van der Waals surface area (Å²) in [6, 6.07) is 14.9. The molecule has 1 unspecified atom stereocenters. The van der Waals surface area contributed by atoms with Gasteiger partial charge in [-0.2, -0.15) is 0 Å². The molecule has 1 heterocycles. The van der Waals surface area contributed by atoms with Gasteiger partial charge in [-0.1, -0.05) is 46.3 Å². The quantitative estimate of drug-likeness (QED) is 0.547. The first-order valence-corrected chi connectivity index (χ1v) is 9.32. The minimum absolute atomic E-state index is 0.0402. The molecule has 136 valence electrons. The maximum atomic E-state index is 12.2. The molecule has 1 aliphatic rings. The number of hydrogen-bond donors (Lipinski definition) is 1. The van der Waals surface area contributed by atoms with Crippen LogP contribution in [0.3, 0.4) is 0 Å². The van der Waals surface area contributed by atoms with Crippen molar-refractivity contribution >= 4 is 33.2 Å². The van der Waals surface area contributed by atoms with E-state index in [1.807, 2.05) is 23.1 Å². The van der Waals surface area contributed by atoms with Crippen LogP contribution in [0.1, 0.15) is 12.0 Å². The highest BCUT2D eigenvalue weighted by atomic mass is 79.9. The summed E-state index contributed by atoms with van der Waals surface area (Å²) in [7, 11) is 0. The zero-order chi connectivity index (χ0) is 18.5. The highest BCUT2D eigenvalue weighted by Crippen LogP contribution is 2.29. The van der Waals surface area contributed by atoms with Crippen LogP contribution in [0.2, 0.25) is 0 Å². The van der Waals surface area contributed by atoms with E-state index in [4.69, 9.17) is 0 Å². The van der Waals surface area contributed by atoms with Gasteiger partial charge in [-0.15, -0.1) is 0 Å². The smallest absolute Gasteiger partial charge is 0.292 e. The Kier molecular flexibility index (Phi) is 5.88. The number of halogens is 1. The Hall–Kier alpha value is -2.41. The second kappa shape index (κ2) is 8.31. The van der Waals surface area contributed by atoms with E-state index in [1.165, 1.54) is 11.6 Å². The van der Waals surface area contributed by atoms with Gasteiger partial charge in [0.25, 0.3) is 5.69 Å². The molecule has 1 aliphatic heterocycles. The van der Waals surface area contributed by atoms with Gasteiger partial charge < -0.3 is 10.2 Å². The summed E-state index contributed by atoms with van der Waals surface area (Å²) in [6.07, 6.45) is 1.31. The first-order valence-electron chi connectivity index (χ1n) is 8.52. The van der Waals surface area contributed by atoms with Gasteiger partial charge in [0.1, 0.15) is 5.69 Å². The Balaban J connectivity index is 1.55. The molecule has 6 nitrogen and oxygen atoms in total. The van der Waals surface area contributed by atoms with Crippen molar-refractivity contribution in [2.75, 3.05) is 25.0 Å². The summed E-state index contributed by atoms with van der Waals surface area (Å²) in [5.41, 5.74) is 1.73. The summed E-state index contributed by atoms with van der Waals surface area (Å²) in [4.78, 5) is 24.9. The molecule has 0 saturated carbocycles. The molecule has 0 aliphatic carbocycles. The Morgan fingerprint density at radius 3 is 2.73 bits per heavy atom. The van der Waals surface area contributed by atoms with Crippen LogP contribution in [-0.4, -0.2) is 35.4 Å². The zero-order valence-corrected chi connectivity index (χ0v) is 15.8. The molecular weight excluding hydrogens is 398 g/mol. The number of rotatable bonds is 7. The van der Waals surface area contributed by atoms with Gasteiger partial charge in [0.2, 0.25) is 5.91 Å². The highest BCUT2D eigenvalue weighted by Gasteiger charge is 2.29. The predicted molar refractivity (Wildman–Crippen MR) is 104 cm³/mol. The second-order valence-corrected chi connectivity index (χ2v) is 7.36. The molecule has 7 heteroatoms. The molecule has 3 rings (SSSR count). The fourth-order valence-corrected chi connectivity index (χ4v) is 3.54. The van der Waals surface area contributed by atoms with Crippen molar-refractivity contribution in [2.45, 2.75) is 12.8 Å². The number of hydrogen-bond acceptors (Lipinski definition) is 4. The second-order valence-electron chi connectivity index (χ2n) is 6.44. The SMILES string of the molecule is O=C1CC(CNc2cc(Br)ccc2[N+](=O)[O-])CN1CCc1ccccc1. The number of benzene rings is 2. The van der Waals surface area contributed by atoms with Gasteiger partial charge in [0, 0.05) is 42.5 Å². The van der Waals surface area contributed by atoms with E-state index >= 15 is 0 Å². The molecule has 1 N–H and O–H groups in total. The van der Waals surface area contributed by atoms with E-state index in [9.17, 15) is 14.9 Å². The lowest BCUT2D eigenvalue weighted by atomic mass is 10.1. The molecule has 1 saturated heterocycles. The third-order valence-corrected chi connectivity index (χ3v) is 5.04. The maximum absolute atomic E-state index is 12.2. The van der Waals surface area contributed by atoms with Crippen LogP contribution in [0.5, 0.6) is 0 Å². The van der Waals surface area contributed by atoms with E-state index in [0.29, 0.717) is 31.7 Å². The highest BCUT2D eigenvalue weighted by molar-refractivity contribution is 9.10. The minimum Gasteiger partial charge on any atom is -0.379 e. The predicted octanol–water partition coefficient (Wildman–Crippen LogP) is 3.86. The number of nitrogens with zero attached hydrogens (tertiary/aromatic N) is 2. The van der Waals surface area contributed by atoms with Crippen molar-refractivity contribution in [1.82, 2.24) is 4.90 Å². The van der Waals surface area contributed by atoms with Crippen molar-refractivity contribution in [3.8, 4) is 0 Å². The van der Waals surface area contributed by atoms with Crippen LogP contribution in [0, 0.1) is 16.0 Å². The maximum Gasteiger partial charge on any atom is 0.292 e. The fraction of sp³-hybridized carbons (Fsp3) is 0.316. The van der Waals surface area contributed by atoms with Gasteiger partial charge in [-0.25, -0.2) is 0 Å². The molecule has 0 aromatic heterocycles. The molecule has 0 radical (unpaired) electrons.